The zero-order chi connectivity index (χ0) is 15.6. The first-order valence-corrected chi connectivity index (χ1v) is 6.84. The van der Waals surface area contributed by atoms with E-state index in [1.165, 1.54) is 6.92 Å². The second kappa shape index (κ2) is 5.91. The first-order valence-electron chi connectivity index (χ1n) is 6.84. The Labute approximate surface area is 124 Å². The molecule has 0 saturated carbocycles. The molecule has 1 aromatic carbocycles. The number of benzene rings is 1. The van der Waals surface area contributed by atoms with E-state index in [2.05, 4.69) is 10.4 Å². The standard InChI is InChI=1S/C16H19N3O2/c1-10(2)15-14(9-19(4)18-15)16(21)17-13-7-5-6-12(8-13)11(3)20/h5-10H,1-4H3,(H,17,21). The van der Waals surface area contributed by atoms with Gasteiger partial charge in [-0.1, -0.05) is 26.0 Å². The number of hydrogen-bond acceptors (Lipinski definition) is 3. The summed E-state index contributed by atoms with van der Waals surface area (Å²) in [6.45, 7) is 5.49. The molecule has 0 radical (unpaired) electrons. The molecule has 5 nitrogen and oxygen atoms in total. The van der Waals surface area contributed by atoms with Gasteiger partial charge in [0.25, 0.3) is 5.91 Å². The summed E-state index contributed by atoms with van der Waals surface area (Å²) in [6, 6.07) is 6.90. The summed E-state index contributed by atoms with van der Waals surface area (Å²) in [5.41, 5.74) is 2.49. The number of rotatable bonds is 4. The highest BCUT2D eigenvalue weighted by Crippen LogP contribution is 2.19. The molecule has 0 atom stereocenters. The number of nitrogens with zero attached hydrogens (tertiary/aromatic N) is 2. The van der Waals surface area contributed by atoms with Gasteiger partial charge in [0, 0.05) is 24.5 Å². The molecule has 0 bridgehead atoms. The Balaban J connectivity index is 2.26. The van der Waals surface area contributed by atoms with Crippen LogP contribution in [0.3, 0.4) is 0 Å². The lowest BCUT2D eigenvalue weighted by molar-refractivity contribution is 0.101. The van der Waals surface area contributed by atoms with E-state index in [4.69, 9.17) is 0 Å². The van der Waals surface area contributed by atoms with Crippen LogP contribution in [0.4, 0.5) is 5.69 Å². The van der Waals surface area contributed by atoms with Gasteiger partial charge in [0.15, 0.2) is 5.78 Å². The zero-order valence-electron chi connectivity index (χ0n) is 12.7. The van der Waals surface area contributed by atoms with Crippen molar-refractivity contribution in [1.82, 2.24) is 9.78 Å². The number of amides is 1. The van der Waals surface area contributed by atoms with Crippen LogP contribution in [0.5, 0.6) is 0 Å². The van der Waals surface area contributed by atoms with Crippen LogP contribution < -0.4 is 5.32 Å². The lowest BCUT2D eigenvalue weighted by atomic mass is 10.1. The van der Waals surface area contributed by atoms with Gasteiger partial charge in [-0.2, -0.15) is 5.10 Å². The third-order valence-electron chi connectivity index (χ3n) is 3.18. The van der Waals surface area contributed by atoms with Crippen LogP contribution in [0.1, 0.15) is 53.1 Å². The lowest BCUT2D eigenvalue weighted by Crippen LogP contribution is -2.14. The predicted octanol–water partition coefficient (Wildman–Crippen LogP) is 3.00. The topological polar surface area (TPSA) is 64.0 Å². The van der Waals surface area contributed by atoms with Crippen molar-refractivity contribution >= 4 is 17.4 Å². The molecule has 0 spiro atoms. The highest BCUT2D eigenvalue weighted by Gasteiger charge is 2.18. The summed E-state index contributed by atoms with van der Waals surface area (Å²) in [5.74, 6) is -0.0849. The van der Waals surface area contributed by atoms with Gasteiger partial charge in [-0.15, -0.1) is 0 Å². The van der Waals surface area contributed by atoms with E-state index >= 15 is 0 Å². The molecule has 0 saturated heterocycles. The molecule has 0 aliphatic rings. The number of hydrogen-bond donors (Lipinski definition) is 1. The molecule has 2 aromatic rings. The highest BCUT2D eigenvalue weighted by atomic mass is 16.1. The van der Waals surface area contributed by atoms with Crippen molar-refractivity contribution in [2.75, 3.05) is 5.32 Å². The molecule has 1 amide bonds. The monoisotopic (exact) mass is 285 g/mol. The molecule has 110 valence electrons. The molecule has 0 aliphatic carbocycles. The summed E-state index contributed by atoms with van der Waals surface area (Å²) in [4.78, 5) is 23.8. The Kier molecular flexibility index (Phi) is 4.21. The van der Waals surface area contributed by atoms with Gasteiger partial charge in [-0.05, 0) is 25.0 Å². The number of nitrogens with one attached hydrogen (secondary N) is 1. The summed E-state index contributed by atoms with van der Waals surface area (Å²) < 4.78 is 1.64. The van der Waals surface area contributed by atoms with E-state index < -0.39 is 0 Å². The largest absolute Gasteiger partial charge is 0.322 e. The summed E-state index contributed by atoms with van der Waals surface area (Å²) in [6.07, 6.45) is 1.71. The average molecular weight is 285 g/mol. The second-order valence-corrected chi connectivity index (χ2v) is 5.35. The predicted molar refractivity (Wildman–Crippen MR) is 81.7 cm³/mol. The Morgan fingerprint density at radius 3 is 2.62 bits per heavy atom. The number of anilines is 1. The van der Waals surface area contributed by atoms with Gasteiger partial charge in [-0.3, -0.25) is 14.3 Å². The van der Waals surface area contributed by atoms with Crippen molar-refractivity contribution < 1.29 is 9.59 Å². The van der Waals surface area contributed by atoms with E-state index in [1.807, 2.05) is 13.8 Å². The molecule has 21 heavy (non-hydrogen) atoms. The van der Waals surface area contributed by atoms with E-state index in [0.29, 0.717) is 16.8 Å². The first kappa shape index (κ1) is 15.0. The fraction of sp³-hybridized carbons (Fsp3) is 0.312. The van der Waals surface area contributed by atoms with Crippen molar-refractivity contribution in [2.24, 2.45) is 7.05 Å². The number of ketones is 1. The molecule has 0 aliphatic heterocycles. The minimum atomic E-state index is -0.215. The zero-order valence-corrected chi connectivity index (χ0v) is 12.7. The van der Waals surface area contributed by atoms with Crippen molar-refractivity contribution in [3.63, 3.8) is 0 Å². The van der Waals surface area contributed by atoms with Crippen molar-refractivity contribution in [1.29, 1.82) is 0 Å². The molecule has 0 fully saturated rings. The van der Waals surface area contributed by atoms with Crippen LogP contribution in [-0.4, -0.2) is 21.5 Å². The third kappa shape index (κ3) is 3.37. The molecule has 1 N–H and O–H groups in total. The molecule has 1 heterocycles. The van der Waals surface area contributed by atoms with Gasteiger partial charge < -0.3 is 5.32 Å². The van der Waals surface area contributed by atoms with Gasteiger partial charge in [0.1, 0.15) is 0 Å². The SMILES string of the molecule is CC(=O)c1cccc(NC(=O)c2cn(C)nc2C(C)C)c1. The maximum absolute atomic E-state index is 12.4. The third-order valence-corrected chi connectivity index (χ3v) is 3.18. The van der Waals surface area contributed by atoms with Gasteiger partial charge in [0.05, 0.1) is 11.3 Å². The Bertz CT molecular complexity index is 687. The number of Topliss-reactive ketones (excluding diaryl/α,β-unsaturated/α-hetero) is 1. The van der Waals surface area contributed by atoms with Crippen LogP contribution in [0.2, 0.25) is 0 Å². The fourth-order valence-corrected chi connectivity index (χ4v) is 2.12. The Morgan fingerprint density at radius 2 is 2.00 bits per heavy atom. The minimum Gasteiger partial charge on any atom is -0.322 e. The van der Waals surface area contributed by atoms with Gasteiger partial charge in [0.2, 0.25) is 0 Å². The quantitative estimate of drug-likeness (QED) is 0.878. The number of carbonyl (C=O) groups excluding carboxylic acids is 2. The van der Waals surface area contributed by atoms with Crippen molar-refractivity contribution in [3.05, 3.63) is 47.3 Å². The fourth-order valence-electron chi connectivity index (χ4n) is 2.12. The van der Waals surface area contributed by atoms with E-state index in [-0.39, 0.29) is 17.6 Å². The van der Waals surface area contributed by atoms with Gasteiger partial charge in [-0.25, -0.2) is 0 Å². The normalized spacial score (nSPS) is 10.7. The number of aryl methyl sites for hydroxylation is 1. The summed E-state index contributed by atoms with van der Waals surface area (Å²) in [7, 11) is 1.79. The molecular weight excluding hydrogens is 266 g/mol. The summed E-state index contributed by atoms with van der Waals surface area (Å²) >= 11 is 0. The minimum absolute atomic E-state index is 0.0321. The smallest absolute Gasteiger partial charge is 0.259 e. The van der Waals surface area contributed by atoms with Crippen molar-refractivity contribution in [2.45, 2.75) is 26.7 Å². The Hall–Kier alpha value is -2.43. The highest BCUT2D eigenvalue weighted by molar-refractivity contribution is 6.05. The first-order chi connectivity index (χ1) is 9.88. The van der Waals surface area contributed by atoms with E-state index in [9.17, 15) is 9.59 Å². The Morgan fingerprint density at radius 1 is 1.29 bits per heavy atom. The molecule has 0 unspecified atom stereocenters. The maximum Gasteiger partial charge on any atom is 0.259 e. The van der Waals surface area contributed by atoms with Crippen LogP contribution in [0, 0.1) is 0 Å². The lowest BCUT2D eigenvalue weighted by Gasteiger charge is -2.07. The van der Waals surface area contributed by atoms with Crippen LogP contribution in [0.15, 0.2) is 30.5 Å². The van der Waals surface area contributed by atoms with Crippen molar-refractivity contribution in [3.8, 4) is 0 Å². The molecule has 5 heteroatoms. The van der Waals surface area contributed by atoms with E-state index in [0.717, 1.165) is 5.69 Å². The number of carbonyl (C=O) groups is 2. The average Bonchev–Trinajstić information content (AvgIpc) is 2.81. The van der Waals surface area contributed by atoms with Gasteiger partial charge >= 0.3 is 0 Å². The second-order valence-electron chi connectivity index (χ2n) is 5.35. The maximum atomic E-state index is 12.4. The van der Waals surface area contributed by atoms with Crippen LogP contribution >= 0.6 is 0 Å². The molecule has 2 rings (SSSR count). The molecule has 1 aromatic heterocycles. The van der Waals surface area contributed by atoms with Crippen LogP contribution in [0.25, 0.3) is 0 Å². The molecular formula is C16H19N3O2. The van der Waals surface area contributed by atoms with Crippen LogP contribution in [-0.2, 0) is 7.05 Å². The summed E-state index contributed by atoms with van der Waals surface area (Å²) in [5, 5.41) is 7.14. The van der Waals surface area contributed by atoms with E-state index in [1.54, 1.807) is 42.2 Å². The number of aromatic nitrogens is 2.